The third-order valence-electron chi connectivity index (χ3n) is 1.44. The first-order chi connectivity index (χ1) is 5.24. The quantitative estimate of drug-likeness (QED) is 0.717. The molecule has 0 aliphatic rings. The van der Waals surface area contributed by atoms with E-state index >= 15 is 0 Å². The highest BCUT2D eigenvalue weighted by molar-refractivity contribution is 7.15. The van der Waals surface area contributed by atoms with Crippen LogP contribution in [0.15, 0.2) is 0 Å². The van der Waals surface area contributed by atoms with Crippen LogP contribution in [-0.4, -0.2) is 11.5 Å². The van der Waals surface area contributed by atoms with E-state index in [1.807, 2.05) is 6.92 Å². The fraction of sp³-hybridized carbons (Fsp3) is 0.571. The first-order valence-corrected chi connectivity index (χ1v) is 4.48. The third kappa shape index (κ3) is 2.17. The van der Waals surface area contributed by atoms with Gasteiger partial charge in [0.15, 0.2) is 5.13 Å². The van der Waals surface area contributed by atoms with Crippen LogP contribution in [0.5, 0.6) is 0 Å². The van der Waals surface area contributed by atoms with E-state index in [-0.39, 0.29) is 0 Å². The van der Waals surface area contributed by atoms with Gasteiger partial charge < -0.3 is 11.1 Å². The van der Waals surface area contributed by atoms with Crippen molar-refractivity contribution in [1.29, 1.82) is 0 Å². The Kier molecular flexibility index (Phi) is 2.84. The Morgan fingerprint density at radius 3 is 2.82 bits per heavy atom. The average molecular weight is 171 g/mol. The number of aryl methyl sites for hydroxylation is 1. The van der Waals surface area contributed by atoms with Gasteiger partial charge in [0.2, 0.25) is 0 Å². The molecule has 4 heteroatoms. The van der Waals surface area contributed by atoms with Gasteiger partial charge in [-0.2, -0.15) is 0 Å². The van der Waals surface area contributed by atoms with Crippen molar-refractivity contribution in [2.45, 2.75) is 20.4 Å². The van der Waals surface area contributed by atoms with Crippen LogP contribution in [-0.2, 0) is 6.54 Å². The second kappa shape index (κ2) is 3.69. The Labute approximate surface area is 70.6 Å². The molecule has 0 aromatic carbocycles. The van der Waals surface area contributed by atoms with Crippen LogP contribution in [0.2, 0.25) is 0 Å². The summed E-state index contributed by atoms with van der Waals surface area (Å²) in [4.78, 5) is 5.36. The van der Waals surface area contributed by atoms with Crippen molar-refractivity contribution < 1.29 is 0 Å². The predicted octanol–water partition coefficient (Wildman–Crippen LogP) is 1.14. The van der Waals surface area contributed by atoms with Crippen molar-refractivity contribution in [2.24, 2.45) is 0 Å². The number of nitrogens with one attached hydrogen (secondary N) is 1. The molecule has 0 aliphatic heterocycles. The molecular weight excluding hydrogens is 158 g/mol. The smallest absolute Gasteiger partial charge is 0.180 e. The summed E-state index contributed by atoms with van der Waals surface area (Å²) in [6, 6.07) is 0. The van der Waals surface area contributed by atoms with Gasteiger partial charge in [-0.15, -0.1) is 11.3 Å². The largest absolute Gasteiger partial charge is 0.375 e. The van der Waals surface area contributed by atoms with Crippen LogP contribution in [0, 0.1) is 6.92 Å². The molecule has 0 amide bonds. The fourth-order valence-corrected chi connectivity index (χ4v) is 1.66. The maximum absolute atomic E-state index is 5.53. The summed E-state index contributed by atoms with van der Waals surface area (Å²) in [5.41, 5.74) is 6.58. The van der Waals surface area contributed by atoms with Crippen molar-refractivity contribution in [1.82, 2.24) is 10.3 Å². The van der Waals surface area contributed by atoms with Crippen LogP contribution < -0.4 is 11.1 Å². The summed E-state index contributed by atoms with van der Waals surface area (Å²) >= 11 is 1.56. The number of anilines is 1. The maximum Gasteiger partial charge on any atom is 0.180 e. The molecule has 0 radical (unpaired) electrons. The van der Waals surface area contributed by atoms with Gasteiger partial charge in [0, 0.05) is 11.4 Å². The molecule has 1 aromatic rings. The van der Waals surface area contributed by atoms with Gasteiger partial charge in [-0.1, -0.05) is 6.92 Å². The Balaban J connectivity index is 2.62. The molecule has 0 saturated heterocycles. The molecular formula is C7H13N3S. The molecule has 0 atom stereocenters. The molecule has 0 bridgehead atoms. The van der Waals surface area contributed by atoms with Crippen molar-refractivity contribution in [3.63, 3.8) is 0 Å². The summed E-state index contributed by atoms with van der Waals surface area (Å²) in [5, 5.41) is 3.90. The molecule has 3 N–H and O–H groups in total. The maximum atomic E-state index is 5.53. The van der Waals surface area contributed by atoms with Crippen LogP contribution in [0.25, 0.3) is 0 Å². The van der Waals surface area contributed by atoms with Gasteiger partial charge in [0.25, 0.3) is 0 Å². The van der Waals surface area contributed by atoms with Gasteiger partial charge >= 0.3 is 0 Å². The molecule has 0 aliphatic carbocycles. The van der Waals surface area contributed by atoms with Gasteiger partial charge in [-0.3, -0.25) is 0 Å². The Bertz CT molecular complexity index is 232. The molecule has 1 heterocycles. The fourth-order valence-electron chi connectivity index (χ4n) is 0.853. The highest BCUT2D eigenvalue weighted by Crippen LogP contribution is 2.18. The summed E-state index contributed by atoms with van der Waals surface area (Å²) in [6.45, 7) is 5.94. The molecule has 0 spiro atoms. The number of rotatable bonds is 3. The van der Waals surface area contributed by atoms with E-state index in [0.717, 1.165) is 18.8 Å². The minimum Gasteiger partial charge on any atom is -0.375 e. The minimum atomic E-state index is 0.662. The predicted molar refractivity (Wildman–Crippen MR) is 48.6 cm³/mol. The Hall–Kier alpha value is -0.610. The van der Waals surface area contributed by atoms with E-state index in [1.165, 1.54) is 4.88 Å². The molecule has 1 rings (SSSR count). The second-order valence-corrected chi connectivity index (χ2v) is 3.46. The topological polar surface area (TPSA) is 50.9 Å². The summed E-state index contributed by atoms with van der Waals surface area (Å²) in [5.74, 6) is 0. The van der Waals surface area contributed by atoms with E-state index < -0.39 is 0 Å². The van der Waals surface area contributed by atoms with Gasteiger partial charge in [0.1, 0.15) is 0 Å². The second-order valence-electron chi connectivity index (χ2n) is 2.34. The van der Waals surface area contributed by atoms with E-state index in [0.29, 0.717) is 5.13 Å². The first-order valence-electron chi connectivity index (χ1n) is 3.66. The van der Waals surface area contributed by atoms with Crippen molar-refractivity contribution in [3.8, 4) is 0 Å². The zero-order valence-electron chi connectivity index (χ0n) is 6.85. The lowest BCUT2D eigenvalue weighted by molar-refractivity contribution is 0.731. The molecule has 0 saturated carbocycles. The van der Waals surface area contributed by atoms with Crippen LogP contribution in [0.3, 0.4) is 0 Å². The minimum absolute atomic E-state index is 0.662. The summed E-state index contributed by atoms with van der Waals surface area (Å²) < 4.78 is 0. The summed E-state index contributed by atoms with van der Waals surface area (Å²) in [7, 11) is 0. The number of hydrogen-bond acceptors (Lipinski definition) is 4. The van der Waals surface area contributed by atoms with Crippen molar-refractivity contribution >= 4 is 16.5 Å². The van der Waals surface area contributed by atoms with Gasteiger partial charge in [-0.05, 0) is 13.5 Å². The highest BCUT2D eigenvalue weighted by atomic mass is 32.1. The number of thiazole rings is 1. The Morgan fingerprint density at radius 1 is 1.64 bits per heavy atom. The van der Waals surface area contributed by atoms with E-state index in [2.05, 4.69) is 17.2 Å². The zero-order chi connectivity index (χ0) is 8.27. The van der Waals surface area contributed by atoms with Crippen molar-refractivity contribution in [2.75, 3.05) is 12.3 Å². The lowest BCUT2D eigenvalue weighted by Gasteiger charge is -1.96. The zero-order valence-corrected chi connectivity index (χ0v) is 7.66. The van der Waals surface area contributed by atoms with Crippen LogP contribution in [0.1, 0.15) is 17.5 Å². The molecule has 1 aromatic heterocycles. The number of hydrogen-bond donors (Lipinski definition) is 2. The number of nitrogen functional groups attached to an aromatic ring is 1. The van der Waals surface area contributed by atoms with E-state index in [1.54, 1.807) is 11.3 Å². The van der Waals surface area contributed by atoms with E-state index in [9.17, 15) is 0 Å². The van der Waals surface area contributed by atoms with Gasteiger partial charge in [0.05, 0.1) is 5.69 Å². The number of nitrogens with two attached hydrogens (primary N) is 1. The van der Waals surface area contributed by atoms with Crippen LogP contribution >= 0.6 is 11.3 Å². The monoisotopic (exact) mass is 171 g/mol. The normalized spacial score (nSPS) is 10.4. The molecule has 3 nitrogen and oxygen atoms in total. The molecule has 0 unspecified atom stereocenters. The van der Waals surface area contributed by atoms with Crippen LogP contribution in [0.4, 0.5) is 5.13 Å². The van der Waals surface area contributed by atoms with Gasteiger partial charge in [-0.25, -0.2) is 4.98 Å². The molecule has 62 valence electrons. The SMILES string of the molecule is CCNCc1sc(N)nc1C. The van der Waals surface area contributed by atoms with E-state index in [4.69, 9.17) is 5.73 Å². The Morgan fingerprint density at radius 2 is 2.36 bits per heavy atom. The summed E-state index contributed by atoms with van der Waals surface area (Å²) in [6.07, 6.45) is 0. The first kappa shape index (κ1) is 8.49. The lowest BCUT2D eigenvalue weighted by atomic mass is 10.4. The number of nitrogens with zero attached hydrogens (tertiary/aromatic N) is 1. The molecule has 11 heavy (non-hydrogen) atoms. The highest BCUT2D eigenvalue weighted by Gasteiger charge is 2.02. The molecule has 0 fully saturated rings. The number of aromatic nitrogens is 1. The third-order valence-corrected chi connectivity index (χ3v) is 2.43. The standard InChI is InChI=1S/C7H13N3S/c1-3-9-4-6-5(2)10-7(8)11-6/h9H,3-4H2,1-2H3,(H2,8,10). The van der Waals surface area contributed by atoms with Crippen molar-refractivity contribution in [3.05, 3.63) is 10.6 Å². The average Bonchev–Trinajstić information content (AvgIpc) is 2.26. The lowest BCUT2D eigenvalue weighted by Crippen LogP contribution is -2.11.